The summed E-state index contributed by atoms with van der Waals surface area (Å²) in [5.74, 6) is -1.78. The molecule has 13 heavy (non-hydrogen) atoms. The third-order valence-corrected chi connectivity index (χ3v) is 2.65. The maximum absolute atomic E-state index is 11.3. The van der Waals surface area contributed by atoms with Crippen LogP contribution >= 0.6 is 0 Å². The Hall–Kier alpha value is -1.12. The summed E-state index contributed by atoms with van der Waals surface area (Å²) < 4.78 is 0. The number of hydrogen-bond acceptors (Lipinski definition) is 2. The number of hydrogen-bond donors (Lipinski definition) is 1. The first kappa shape index (κ1) is 9.96. The zero-order valence-electron chi connectivity index (χ0n) is 7.53. The van der Waals surface area contributed by atoms with E-state index < -0.39 is 11.9 Å². The Labute approximate surface area is 77.4 Å². The molecule has 0 aromatic rings. The van der Waals surface area contributed by atoms with Crippen LogP contribution in [0, 0.1) is 11.8 Å². The Morgan fingerprint density at radius 2 is 1.77 bits per heavy atom. The standard InChI is InChI=1S/C10H14O3/c1-2-9(11)7-5-3-4-6-8(7)10(12)13/h2,7-8H,1,3-6H2,(H,12,13)/t7-,8+/m1/s1. The summed E-state index contributed by atoms with van der Waals surface area (Å²) >= 11 is 0. The molecule has 1 fully saturated rings. The van der Waals surface area contributed by atoms with Crippen LogP contribution < -0.4 is 0 Å². The number of carboxylic acids is 1. The molecule has 1 aliphatic carbocycles. The molecule has 0 heterocycles. The van der Waals surface area contributed by atoms with Crippen LogP contribution in [0.5, 0.6) is 0 Å². The van der Waals surface area contributed by atoms with Gasteiger partial charge in [0, 0.05) is 5.92 Å². The maximum atomic E-state index is 11.3. The van der Waals surface area contributed by atoms with Crippen LogP contribution in [0.4, 0.5) is 0 Å². The lowest BCUT2D eigenvalue weighted by Gasteiger charge is -2.26. The molecule has 0 spiro atoms. The summed E-state index contributed by atoms with van der Waals surface area (Å²) in [7, 11) is 0. The van der Waals surface area contributed by atoms with Gasteiger partial charge in [0.2, 0.25) is 0 Å². The Morgan fingerprint density at radius 3 is 2.23 bits per heavy atom. The fraction of sp³-hybridized carbons (Fsp3) is 0.600. The minimum absolute atomic E-state index is 0.118. The van der Waals surface area contributed by atoms with Gasteiger partial charge >= 0.3 is 5.97 Å². The molecule has 1 rings (SSSR count). The van der Waals surface area contributed by atoms with Crippen molar-refractivity contribution in [3.63, 3.8) is 0 Å². The first-order valence-corrected chi connectivity index (χ1v) is 4.56. The molecule has 1 aliphatic rings. The van der Waals surface area contributed by atoms with Gasteiger partial charge in [0.1, 0.15) is 0 Å². The SMILES string of the molecule is C=CC(=O)[C@@H]1CCCC[C@@H]1C(=O)O. The highest BCUT2D eigenvalue weighted by molar-refractivity contribution is 5.94. The van der Waals surface area contributed by atoms with Gasteiger partial charge in [-0.3, -0.25) is 9.59 Å². The van der Waals surface area contributed by atoms with Gasteiger partial charge in [-0.15, -0.1) is 0 Å². The molecule has 0 aromatic carbocycles. The van der Waals surface area contributed by atoms with Gasteiger partial charge in [-0.05, 0) is 18.9 Å². The molecule has 0 bridgehead atoms. The van der Waals surface area contributed by atoms with E-state index in [-0.39, 0.29) is 11.7 Å². The van der Waals surface area contributed by atoms with Crippen molar-refractivity contribution in [2.45, 2.75) is 25.7 Å². The fourth-order valence-electron chi connectivity index (χ4n) is 1.92. The smallest absolute Gasteiger partial charge is 0.307 e. The third-order valence-electron chi connectivity index (χ3n) is 2.65. The van der Waals surface area contributed by atoms with Crippen LogP contribution in [0.15, 0.2) is 12.7 Å². The van der Waals surface area contributed by atoms with Crippen molar-refractivity contribution in [1.29, 1.82) is 0 Å². The minimum atomic E-state index is -0.847. The monoisotopic (exact) mass is 182 g/mol. The van der Waals surface area contributed by atoms with Gasteiger partial charge in [-0.25, -0.2) is 0 Å². The van der Waals surface area contributed by atoms with Crippen LogP contribution in [-0.4, -0.2) is 16.9 Å². The molecule has 2 atom stereocenters. The first-order valence-electron chi connectivity index (χ1n) is 4.56. The summed E-state index contributed by atoms with van der Waals surface area (Å²) in [4.78, 5) is 22.1. The number of carbonyl (C=O) groups is 2. The average molecular weight is 182 g/mol. The number of allylic oxidation sites excluding steroid dienone is 1. The lowest BCUT2D eigenvalue weighted by atomic mass is 9.77. The maximum Gasteiger partial charge on any atom is 0.307 e. The van der Waals surface area contributed by atoms with Crippen molar-refractivity contribution < 1.29 is 14.7 Å². The zero-order valence-corrected chi connectivity index (χ0v) is 7.53. The third kappa shape index (κ3) is 2.17. The Balaban J connectivity index is 2.72. The summed E-state index contributed by atoms with van der Waals surface area (Å²) in [5, 5.41) is 8.87. The van der Waals surface area contributed by atoms with Crippen LogP contribution in [0.25, 0.3) is 0 Å². The van der Waals surface area contributed by atoms with Gasteiger partial charge < -0.3 is 5.11 Å². The van der Waals surface area contributed by atoms with Gasteiger partial charge in [-0.1, -0.05) is 19.4 Å². The normalized spacial score (nSPS) is 28.0. The largest absolute Gasteiger partial charge is 0.481 e. The lowest BCUT2D eigenvalue weighted by molar-refractivity contribution is -0.147. The molecule has 0 saturated heterocycles. The molecule has 72 valence electrons. The highest BCUT2D eigenvalue weighted by atomic mass is 16.4. The van der Waals surface area contributed by atoms with E-state index in [1.165, 1.54) is 6.08 Å². The van der Waals surface area contributed by atoms with Crippen molar-refractivity contribution in [2.24, 2.45) is 11.8 Å². The second-order valence-corrected chi connectivity index (χ2v) is 3.44. The minimum Gasteiger partial charge on any atom is -0.481 e. The van der Waals surface area contributed by atoms with E-state index in [1.54, 1.807) is 0 Å². The van der Waals surface area contributed by atoms with E-state index in [2.05, 4.69) is 6.58 Å². The van der Waals surface area contributed by atoms with E-state index in [0.717, 1.165) is 12.8 Å². The Bertz CT molecular complexity index is 232. The molecule has 0 unspecified atom stereocenters. The fourth-order valence-corrected chi connectivity index (χ4v) is 1.92. The zero-order chi connectivity index (χ0) is 9.84. The van der Waals surface area contributed by atoms with E-state index >= 15 is 0 Å². The molecule has 3 heteroatoms. The van der Waals surface area contributed by atoms with Crippen LogP contribution in [0.2, 0.25) is 0 Å². The first-order chi connectivity index (χ1) is 6.16. The Kier molecular flexibility index (Phi) is 3.23. The molecule has 0 radical (unpaired) electrons. The number of aliphatic carboxylic acids is 1. The lowest BCUT2D eigenvalue weighted by Crippen LogP contribution is -2.31. The van der Waals surface area contributed by atoms with E-state index in [1.807, 2.05) is 0 Å². The van der Waals surface area contributed by atoms with Crippen molar-refractivity contribution in [2.75, 3.05) is 0 Å². The number of rotatable bonds is 3. The molecule has 0 amide bonds. The summed E-state index contributed by atoms with van der Waals surface area (Å²) in [6, 6.07) is 0. The summed E-state index contributed by atoms with van der Waals surface area (Å²) in [5.41, 5.74) is 0. The molecular formula is C10H14O3. The van der Waals surface area contributed by atoms with Gasteiger partial charge in [0.25, 0.3) is 0 Å². The second kappa shape index (κ2) is 4.21. The predicted octanol–water partition coefficient (Wildman–Crippen LogP) is 1.63. The average Bonchev–Trinajstić information content (AvgIpc) is 2.16. The van der Waals surface area contributed by atoms with Crippen molar-refractivity contribution in [3.05, 3.63) is 12.7 Å². The van der Waals surface area contributed by atoms with Gasteiger partial charge in [0.15, 0.2) is 5.78 Å². The molecule has 3 nitrogen and oxygen atoms in total. The highest BCUT2D eigenvalue weighted by Gasteiger charge is 2.34. The van der Waals surface area contributed by atoms with Crippen molar-refractivity contribution in [1.82, 2.24) is 0 Å². The van der Waals surface area contributed by atoms with Gasteiger partial charge in [-0.2, -0.15) is 0 Å². The van der Waals surface area contributed by atoms with E-state index in [4.69, 9.17) is 5.11 Å². The molecule has 1 N–H and O–H groups in total. The molecule has 1 saturated carbocycles. The van der Waals surface area contributed by atoms with E-state index in [9.17, 15) is 9.59 Å². The van der Waals surface area contributed by atoms with Crippen LogP contribution in [-0.2, 0) is 9.59 Å². The summed E-state index contributed by atoms with van der Waals surface area (Å²) in [6.45, 7) is 3.39. The van der Waals surface area contributed by atoms with Crippen LogP contribution in [0.3, 0.4) is 0 Å². The predicted molar refractivity (Wildman–Crippen MR) is 48.3 cm³/mol. The van der Waals surface area contributed by atoms with Crippen LogP contribution in [0.1, 0.15) is 25.7 Å². The Morgan fingerprint density at radius 1 is 1.23 bits per heavy atom. The second-order valence-electron chi connectivity index (χ2n) is 3.44. The highest BCUT2D eigenvalue weighted by Crippen LogP contribution is 2.30. The summed E-state index contributed by atoms with van der Waals surface area (Å²) in [6.07, 6.45) is 4.43. The molecule has 0 aromatic heterocycles. The van der Waals surface area contributed by atoms with E-state index in [0.29, 0.717) is 12.8 Å². The topological polar surface area (TPSA) is 54.4 Å². The van der Waals surface area contributed by atoms with Gasteiger partial charge in [0.05, 0.1) is 5.92 Å². The number of carbonyl (C=O) groups excluding carboxylic acids is 1. The van der Waals surface area contributed by atoms with Crippen molar-refractivity contribution >= 4 is 11.8 Å². The van der Waals surface area contributed by atoms with Crippen molar-refractivity contribution in [3.8, 4) is 0 Å². The quantitative estimate of drug-likeness (QED) is 0.675. The molecule has 0 aliphatic heterocycles. The molecular weight excluding hydrogens is 168 g/mol. The number of carboxylic acid groups (broad SMARTS) is 1. The number of ketones is 1.